The first-order valence-electron chi connectivity index (χ1n) is 14.0. The summed E-state index contributed by atoms with van der Waals surface area (Å²) in [6, 6.07) is 20.0. The standard InChI is InChI=1S/C30H39N7O/c1-23-20-25(8-9-27(23)36-13-10-26(11-14-36)35-17-15-34(2)16-18-35)33-29-21-30(32-22-31-29)37-28(12-19-38-37)24-6-4-3-5-7-24/h3-9,20-22,26,28H,10-19H2,1-2H3,(H,31,32,33). The highest BCUT2D eigenvalue weighted by Crippen LogP contribution is 2.35. The van der Waals surface area contributed by atoms with Gasteiger partial charge in [-0.3, -0.25) is 9.74 Å². The van der Waals surface area contributed by atoms with Crippen molar-refractivity contribution in [3.63, 3.8) is 0 Å². The van der Waals surface area contributed by atoms with Crippen LogP contribution in [0, 0.1) is 6.92 Å². The molecule has 38 heavy (non-hydrogen) atoms. The van der Waals surface area contributed by atoms with E-state index >= 15 is 0 Å². The molecule has 0 aliphatic carbocycles. The van der Waals surface area contributed by atoms with E-state index in [-0.39, 0.29) is 6.04 Å². The van der Waals surface area contributed by atoms with Crippen LogP contribution in [-0.4, -0.2) is 78.7 Å². The van der Waals surface area contributed by atoms with Gasteiger partial charge in [0.05, 0.1) is 12.6 Å². The third-order valence-corrected chi connectivity index (χ3v) is 8.30. The molecule has 4 heterocycles. The molecule has 200 valence electrons. The number of nitrogens with zero attached hydrogens (tertiary/aromatic N) is 6. The maximum atomic E-state index is 5.97. The molecule has 3 aromatic rings. The molecule has 6 rings (SSSR count). The van der Waals surface area contributed by atoms with Crippen molar-refractivity contribution in [1.29, 1.82) is 0 Å². The molecule has 1 unspecified atom stereocenters. The summed E-state index contributed by atoms with van der Waals surface area (Å²) in [5.74, 6) is 1.53. The van der Waals surface area contributed by atoms with Gasteiger partial charge in [-0.2, -0.15) is 0 Å². The Balaban J connectivity index is 1.09. The first-order chi connectivity index (χ1) is 18.6. The molecule has 3 aliphatic rings. The van der Waals surface area contributed by atoms with E-state index in [0.29, 0.717) is 6.61 Å². The van der Waals surface area contributed by atoms with Gasteiger partial charge in [0.25, 0.3) is 0 Å². The lowest BCUT2D eigenvalue weighted by Crippen LogP contribution is -2.52. The molecule has 0 spiro atoms. The molecular formula is C30H39N7O. The number of aryl methyl sites for hydroxylation is 1. The molecule has 0 bridgehead atoms. The fraction of sp³-hybridized carbons (Fsp3) is 0.467. The number of benzene rings is 2. The number of likely N-dealkylation sites (N-methyl/N-ethyl adjacent to an activating group) is 1. The van der Waals surface area contributed by atoms with Gasteiger partial charge in [0.1, 0.15) is 12.1 Å². The predicted molar refractivity (Wildman–Crippen MR) is 153 cm³/mol. The van der Waals surface area contributed by atoms with Crippen LogP contribution >= 0.6 is 0 Å². The summed E-state index contributed by atoms with van der Waals surface area (Å²) in [5.41, 5.74) is 4.89. The van der Waals surface area contributed by atoms with Crippen molar-refractivity contribution in [2.24, 2.45) is 0 Å². The van der Waals surface area contributed by atoms with E-state index in [1.165, 1.54) is 55.8 Å². The van der Waals surface area contributed by atoms with Crippen molar-refractivity contribution < 1.29 is 4.84 Å². The minimum Gasteiger partial charge on any atom is -0.371 e. The Bertz CT molecular complexity index is 1210. The third kappa shape index (κ3) is 5.48. The van der Waals surface area contributed by atoms with Gasteiger partial charge in [-0.15, -0.1) is 0 Å². The van der Waals surface area contributed by atoms with E-state index in [0.717, 1.165) is 42.9 Å². The molecule has 0 amide bonds. The number of piperidine rings is 1. The lowest BCUT2D eigenvalue weighted by atomic mass is 10.0. The van der Waals surface area contributed by atoms with E-state index in [4.69, 9.17) is 4.84 Å². The molecule has 2 aromatic carbocycles. The van der Waals surface area contributed by atoms with Gasteiger partial charge in [-0.05, 0) is 56.1 Å². The molecule has 3 saturated heterocycles. The van der Waals surface area contributed by atoms with E-state index in [9.17, 15) is 0 Å². The number of piperazine rings is 1. The van der Waals surface area contributed by atoms with Gasteiger partial charge in [0.15, 0.2) is 5.82 Å². The monoisotopic (exact) mass is 513 g/mol. The number of hydrogen-bond donors (Lipinski definition) is 1. The van der Waals surface area contributed by atoms with Crippen molar-refractivity contribution in [2.45, 2.75) is 38.3 Å². The summed E-state index contributed by atoms with van der Waals surface area (Å²) in [7, 11) is 2.23. The van der Waals surface area contributed by atoms with Crippen molar-refractivity contribution in [1.82, 2.24) is 19.8 Å². The van der Waals surface area contributed by atoms with Gasteiger partial charge >= 0.3 is 0 Å². The van der Waals surface area contributed by atoms with Gasteiger partial charge in [-0.25, -0.2) is 15.0 Å². The molecule has 3 fully saturated rings. The zero-order valence-corrected chi connectivity index (χ0v) is 22.6. The average Bonchev–Trinajstić information content (AvgIpc) is 3.45. The number of rotatable bonds is 6. The molecule has 8 heteroatoms. The lowest BCUT2D eigenvalue weighted by molar-refractivity contribution is 0.0982. The lowest BCUT2D eigenvalue weighted by Gasteiger charge is -2.43. The summed E-state index contributed by atoms with van der Waals surface area (Å²) >= 11 is 0. The van der Waals surface area contributed by atoms with Crippen LogP contribution < -0.4 is 15.3 Å². The minimum absolute atomic E-state index is 0.154. The van der Waals surface area contributed by atoms with E-state index in [1.807, 2.05) is 17.2 Å². The summed E-state index contributed by atoms with van der Waals surface area (Å²) in [6.45, 7) is 9.95. The van der Waals surface area contributed by atoms with Gasteiger partial charge in [-0.1, -0.05) is 30.3 Å². The quantitative estimate of drug-likeness (QED) is 0.512. The molecule has 1 atom stereocenters. The Kier molecular flexibility index (Phi) is 7.44. The van der Waals surface area contributed by atoms with Crippen LogP contribution in [0.4, 0.5) is 23.0 Å². The van der Waals surface area contributed by atoms with Crippen molar-refractivity contribution in [3.8, 4) is 0 Å². The third-order valence-electron chi connectivity index (χ3n) is 8.30. The van der Waals surface area contributed by atoms with E-state index in [2.05, 4.69) is 86.4 Å². The highest BCUT2D eigenvalue weighted by Gasteiger charge is 2.29. The van der Waals surface area contributed by atoms with E-state index in [1.54, 1.807) is 6.33 Å². The van der Waals surface area contributed by atoms with Crippen LogP contribution in [0.1, 0.15) is 36.4 Å². The van der Waals surface area contributed by atoms with Crippen LogP contribution in [-0.2, 0) is 4.84 Å². The summed E-state index contributed by atoms with van der Waals surface area (Å²) < 4.78 is 0. The Morgan fingerprint density at radius 2 is 1.66 bits per heavy atom. The molecule has 1 aromatic heterocycles. The van der Waals surface area contributed by atoms with Gasteiger partial charge < -0.3 is 15.1 Å². The Labute approximate surface area is 226 Å². The fourth-order valence-electron chi connectivity index (χ4n) is 6.10. The number of aromatic nitrogens is 2. The second-order valence-corrected chi connectivity index (χ2v) is 10.8. The second-order valence-electron chi connectivity index (χ2n) is 10.8. The highest BCUT2D eigenvalue weighted by molar-refractivity contribution is 5.65. The average molecular weight is 514 g/mol. The van der Waals surface area contributed by atoms with Crippen LogP contribution in [0.5, 0.6) is 0 Å². The zero-order chi connectivity index (χ0) is 25.9. The number of anilines is 4. The second kappa shape index (κ2) is 11.3. The molecule has 1 N–H and O–H groups in total. The first-order valence-corrected chi connectivity index (χ1v) is 14.0. The Morgan fingerprint density at radius 3 is 2.42 bits per heavy atom. The van der Waals surface area contributed by atoms with Crippen molar-refractivity contribution in [3.05, 3.63) is 72.1 Å². The van der Waals surface area contributed by atoms with Crippen molar-refractivity contribution >= 4 is 23.0 Å². The van der Waals surface area contributed by atoms with Crippen LogP contribution in [0.2, 0.25) is 0 Å². The molecule has 0 saturated carbocycles. The normalized spacial score (nSPS) is 21.7. The number of hydrogen-bond acceptors (Lipinski definition) is 8. The van der Waals surface area contributed by atoms with E-state index < -0.39 is 0 Å². The molecular weight excluding hydrogens is 474 g/mol. The maximum Gasteiger partial charge on any atom is 0.158 e. The Morgan fingerprint density at radius 1 is 0.868 bits per heavy atom. The molecule has 8 nitrogen and oxygen atoms in total. The number of nitrogens with one attached hydrogen (secondary N) is 1. The summed E-state index contributed by atoms with van der Waals surface area (Å²) in [4.78, 5) is 22.7. The minimum atomic E-state index is 0.154. The smallest absolute Gasteiger partial charge is 0.158 e. The largest absolute Gasteiger partial charge is 0.371 e. The first kappa shape index (κ1) is 25.1. The Hall–Kier alpha value is -3.20. The SMILES string of the molecule is Cc1cc(Nc2cc(N3OCCC3c3ccccc3)ncn2)ccc1N1CCC(N2CCN(C)CC2)CC1. The summed E-state index contributed by atoms with van der Waals surface area (Å²) in [6.07, 6.45) is 5.03. The highest BCUT2D eigenvalue weighted by atomic mass is 16.7. The fourth-order valence-corrected chi connectivity index (χ4v) is 6.10. The van der Waals surface area contributed by atoms with Crippen LogP contribution in [0.3, 0.4) is 0 Å². The summed E-state index contributed by atoms with van der Waals surface area (Å²) in [5, 5.41) is 5.40. The van der Waals surface area contributed by atoms with Gasteiger partial charge in [0, 0.05) is 69.2 Å². The van der Waals surface area contributed by atoms with Gasteiger partial charge in [0.2, 0.25) is 0 Å². The maximum absolute atomic E-state index is 5.97. The zero-order valence-electron chi connectivity index (χ0n) is 22.6. The topological polar surface area (TPSA) is 60.0 Å². The number of hydroxylamine groups is 1. The molecule has 0 radical (unpaired) electrons. The van der Waals surface area contributed by atoms with Crippen molar-refractivity contribution in [2.75, 3.05) is 68.2 Å². The predicted octanol–water partition coefficient (Wildman–Crippen LogP) is 4.63. The van der Waals surface area contributed by atoms with Crippen LogP contribution in [0.25, 0.3) is 0 Å². The van der Waals surface area contributed by atoms with Crippen LogP contribution in [0.15, 0.2) is 60.9 Å². The molecule has 3 aliphatic heterocycles.